The molecule has 7 nitrogen and oxygen atoms in total. The van der Waals surface area contributed by atoms with Crippen molar-refractivity contribution in [3.63, 3.8) is 0 Å². The van der Waals surface area contributed by atoms with Gasteiger partial charge in [0.05, 0.1) is 21.2 Å². The Bertz CT molecular complexity index is 907. The predicted octanol–water partition coefficient (Wildman–Crippen LogP) is 2.29. The second-order valence-electron chi connectivity index (χ2n) is 6.70. The average Bonchev–Trinajstić information content (AvgIpc) is 3.15. The average molecular weight is 458 g/mol. The Labute approximate surface area is 167 Å². The monoisotopic (exact) mass is 456 g/mol. The molecule has 1 unspecified atom stereocenters. The molecular weight excluding hydrogens is 443 g/mol. The largest absolute Gasteiger partial charge is 0.363 e. The molecule has 3 heterocycles. The van der Waals surface area contributed by atoms with Gasteiger partial charge in [-0.05, 0) is 34.0 Å². The second-order valence-corrected chi connectivity index (χ2v) is 7.87. The number of aliphatic imine (C=N–C) groups is 1. The van der Waals surface area contributed by atoms with Crippen LogP contribution in [0.15, 0.2) is 15.5 Å². The number of carbonyl (C=O) groups is 3. The summed E-state index contributed by atoms with van der Waals surface area (Å²) in [5.74, 6) is -1.09. The first-order valence-corrected chi connectivity index (χ1v) is 9.66. The van der Waals surface area contributed by atoms with Crippen LogP contribution in [0.1, 0.15) is 18.4 Å². The van der Waals surface area contributed by atoms with Gasteiger partial charge in [-0.25, -0.2) is 9.18 Å². The van der Waals surface area contributed by atoms with E-state index >= 15 is 0 Å². The number of imide groups is 1. The Morgan fingerprint density at radius 2 is 2.19 bits per heavy atom. The molecule has 3 aliphatic rings. The van der Waals surface area contributed by atoms with Gasteiger partial charge in [0.25, 0.3) is 5.91 Å². The van der Waals surface area contributed by atoms with E-state index in [0.717, 1.165) is 11.3 Å². The Balaban J connectivity index is 1.42. The molecule has 1 saturated heterocycles. The first-order valence-electron chi connectivity index (χ1n) is 8.49. The first kappa shape index (κ1) is 18.4. The maximum absolute atomic E-state index is 13.9. The molecule has 1 fully saturated rings. The van der Waals surface area contributed by atoms with Gasteiger partial charge in [-0.3, -0.25) is 14.9 Å². The second kappa shape index (κ2) is 6.87. The van der Waals surface area contributed by atoms with Gasteiger partial charge in [-0.2, -0.15) is 4.99 Å². The zero-order valence-corrected chi connectivity index (χ0v) is 16.4. The van der Waals surface area contributed by atoms with Crippen molar-refractivity contribution in [2.45, 2.75) is 25.3 Å². The molecule has 27 heavy (non-hydrogen) atoms. The summed E-state index contributed by atoms with van der Waals surface area (Å²) in [6.07, 6.45) is 0.882. The van der Waals surface area contributed by atoms with Gasteiger partial charge < -0.3 is 9.80 Å². The molecule has 0 spiro atoms. The summed E-state index contributed by atoms with van der Waals surface area (Å²) in [6.45, 7) is 1.65. The zero-order valence-electron chi connectivity index (χ0n) is 14.1. The highest BCUT2D eigenvalue weighted by Gasteiger charge is 2.38. The first-order chi connectivity index (χ1) is 12.8. The van der Waals surface area contributed by atoms with Gasteiger partial charge in [-0.15, -0.1) is 0 Å². The topological polar surface area (TPSA) is 82.1 Å². The molecule has 0 bridgehead atoms. The number of anilines is 1. The quantitative estimate of drug-likeness (QED) is 0.706. The van der Waals surface area contributed by atoms with Crippen LogP contribution in [0.5, 0.6) is 0 Å². The molecular formula is C17H15BrClFN4O3. The Kier molecular flexibility index (Phi) is 4.67. The summed E-state index contributed by atoms with van der Waals surface area (Å²) in [5.41, 5.74) is 1.86. The fourth-order valence-corrected chi connectivity index (χ4v) is 4.64. The smallest absolute Gasteiger partial charge is 0.348 e. The van der Waals surface area contributed by atoms with Gasteiger partial charge in [-0.1, -0.05) is 11.6 Å². The number of fused-ring (bicyclic) bond motifs is 3. The third-order valence-corrected chi connectivity index (χ3v) is 6.46. The van der Waals surface area contributed by atoms with E-state index in [9.17, 15) is 18.8 Å². The third kappa shape index (κ3) is 3.23. The number of urea groups is 1. The normalized spacial score (nSPS) is 21.1. The summed E-state index contributed by atoms with van der Waals surface area (Å²) < 4.78 is 14.5. The number of hydrogen-bond donors (Lipinski definition) is 1. The van der Waals surface area contributed by atoms with Crippen LogP contribution in [-0.2, 0) is 16.0 Å². The number of nitrogens with one attached hydrogen (secondary N) is 1. The van der Waals surface area contributed by atoms with Crippen LogP contribution in [0, 0.1) is 5.82 Å². The van der Waals surface area contributed by atoms with Crippen molar-refractivity contribution in [2.24, 2.45) is 4.99 Å². The maximum Gasteiger partial charge on any atom is 0.348 e. The van der Waals surface area contributed by atoms with E-state index in [-0.39, 0.29) is 35.5 Å². The number of nitrogens with zero attached hydrogens (tertiary/aromatic N) is 3. The summed E-state index contributed by atoms with van der Waals surface area (Å²) >= 11 is 9.40. The molecule has 1 aromatic rings. The minimum Gasteiger partial charge on any atom is -0.363 e. The van der Waals surface area contributed by atoms with Crippen molar-refractivity contribution in [3.8, 4) is 0 Å². The van der Waals surface area contributed by atoms with Gasteiger partial charge in [0.2, 0.25) is 5.91 Å². The fourth-order valence-electron chi connectivity index (χ4n) is 3.83. The van der Waals surface area contributed by atoms with Crippen LogP contribution in [-0.4, -0.2) is 54.1 Å². The molecule has 0 aromatic heterocycles. The number of benzene rings is 1. The molecule has 0 aliphatic carbocycles. The molecule has 0 saturated carbocycles. The molecule has 0 radical (unpaired) electrons. The fraction of sp³-hybridized carbons (Fsp3) is 0.412. The summed E-state index contributed by atoms with van der Waals surface area (Å²) in [6, 6.07) is 0.831. The molecule has 1 N–H and O–H groups in total. The van der Waals surface area contributed by atoms with Crippen LogP contribution in [0.3, 0.4) is 0 Å². The van der Waals surface area contributed by atoms with Crippen molar-refractivity contribution in [1.29, 1.82) is 0 Å². The molecule has 10 heteroatoms. The number of halogens is 3. The number of amides is 4. The molecule has 4 rings (SSSR count). The Hall–Kier alpha value is -2.00. The van der Waals surface area contributed by atoms with Gasteiger partial charge in [0, 0.05) is 32.5 Å². The highest BCUT2D eigenvalue weighted by Crippen LogP contribution is 2.44. The van der Waals surface area contributed by atoms with Crippen LogP contribution < -0.4 is 10.2 Å². The minimum atomic E-state index is -0.684. The molecule has 1 atom stereocenters. The van der Waals surface area contributed by atoms with E-state index in [2.05, 4.69) is 31.1 Å². The van der Waals surface area contributed by atoms with Crippen LogP contribution >= 0.6 is 27.5 Å². The van der Waals surface area contributed by atoms with E-state index in [0.29, 0.717) is 30.5 Å². The van der Waals surface area contributed by atoms with Crippen molar-refractivity contribution in [2.75, 3.05) is 24.5 Å². The Morgan fingerprint density at radius 3 is 2.89 bits per heavy atom. The lowest BCUT2D eigenvalue weighted by Gasteiger charge is -2.39. The zero-order chi connectivity index (χ0) is 19.3. The Morgan fingerprint density at radius 1 is 1.41 bits per heavy atom. The van der Waals surface area contributed by atoms with Crippen LogP contribution in [0.2, 0.25) is 5.02 Å². The number of rotatable bonds is 3. The molecule has 4 amide bonds. The lowest BCUT2D eigenvalue weighted by molar-refractivity contribution is -0.131. The van der Waals surface area contributed by atoms with E-state index in [4.69, 9.17) is 11.6 Å². The van der Waals surface area contributed by atoms with Crippen molar-refractivity contribution in [1.82, 2.24) is 10.2 Å². The number of piperazine rings is 1. The van der Waals surface area contributed by atoms with Gasteiger partial charge >= 0.3 is 6.03 Å². The lowest BCUT2D eigenvalue weighted by Crippen LogP contribution is -2.53. The van der Waals surface area contributed by atoms with E-state index in [1.807, 2.05) is 0 Å². The van der Waals surface area contributed by atoms with E-state index < -0.39 is 17.8 Å². The summed E-state index contributed by atoms with van der Waals surface area (Å²) in [7, 11) is 0. The summed E-state index contributed by atoms with van der Waals surface area (Å²) in [4.78, 5) is 42.6. The number of hydrogen-bond acceptors (Lipinski definition) is 4. The van der Waals surface area contributed by atoms with Crippen molar-refractivity contribution < 1.29 is 18.8 Å². The van der Waals surface area contributed by atoms with Crippen molar-refractivity contribution in [3.05, 3.63) is 26.9 Å². The predicted molar refractivity (Wildman–Crippen MR) is 101 cm³/mol. The highest BCUT2D eigenvalue weighted by atomic mass is 79.9. The minimum absolute atomic E-state index is 0.0561. The lowest BCUT2D eigenvalue weighted by atomic mass is 10.1. The van der Waals surface area contributed by atoms with E-state index in [1.165, 1.54) is 6.07 Å². The number of carbonyl (C=O) groups excluding carboxylic acids is 3. The molecule has 1 aromatic carbocycles. The van der Waals surface area contributed by atoms with Crippen LogP contribution in [0.4, 0.5) is 14.9 Å². The SMILES string of the molecule is O=C1N=C(CCC(=O)N2CCN3c4c(cc(F)c(Cl)c4Br)CC3C2)C(=O)N1. The maximum atomic E-state index is 13.9. The third-order valence-electron chi connectivity index (χ3n) is 5.09. The van der Waals surface area contributed by atoms with E-state index in [1.54, 1.807) is 4.90 Å². The summed E-state index contributed by atoms with van der Waals surface area (Å²) in [5, 5.41) is 2.13. The highest BCUT2D eigenvalue weighted by molar-refractivity contribution is 9.10. The van der Waals surface area contributed by atoms with Crippen molar-refractivity contribution >= 4 is 56.8 Å². The standard InChI is InChI=1S/C17H15BrClFN4O3/c18-13-14(19)10(20)6-8-5-9-7-23(3-4-24(9)15(8)13)12(25)2-1-11-16(26)22-17(27)21-11/h6,9H,1-5,7H2,(H,22,26,27). The van der Waals surface area contributed by atoms with Gasteiger partial charge in [0.1, 0.15) is 11.5 Å². The molecule has 142 valence electrons. The van der Waals surface area contributed by atoms with Gasteiger partial charge in [0.15, 0.2) is 0 Å². The van der Waals surface area contributed by atoms with Crippen LogP contribution in [0.25, 0.3) is 0 Å². The molecule has 3 aliphatic heterocycles.